The predicted molar refractivity (Wildman–Crippen MR) is 65.0 cm³/mol. The minimum absolute atomic E-state index is 0.153. The van der Waals surface area contributed by atoms with E-state index in [-0.39, 0.29) is 11.8 Å². The summed E-state index contributed by atoms with van der Waals surface area (Å²) in [7, 11) is -2.84. The zero-order valence-corrected chi connectivity index (χ0v) is 10.5. The van der Waals surface area contributed by atoms with Gasteiger partial charge < -0.3 is 5.32 Å². The average molecular weight is 242 g/mol. The molecule has 1 rings (SSSR count). The molecule has 90 valence electrons. The van der Waals surface area contributed by atoms with Gasteiger partial charge in [0.25, 0.3) is 0 Å². The highest BCUT2D eigenvalue weighted by Crippen LogP contribution is 2.07. The van der Waals surface area contributed by atoms with Crippen LogP contribution in [-0.4, -0.2) is 32.0 Å². The van der Waals surface area contributed by atoms with Crippen molar-refractivity contribution in [2.75, 3.05) is 18.6 Å². The molecule has 1 aromatic heterocycles. The molecule has 0 bridgehead atoms. The summed E-state index contributed by atoms with van der Waals surface area (Å²) in [4.78, 5) is 4.23. The topological polar surface area (TPSA) is 59.1 Å². The number of hydrogen-bond acceptors (Lipinski definition) is 4. The van der Waals surface area contributed by atoms with Gasteiger partial charge in [-0.2, -0.15) is 0 Å². The maximum Gasteiger partial charge on any atom is 0.147 e. The molecule has 0 spiro atoms. The lowest BCUT2D eigenvalue weighted by Crippen LogP contribution is -2.22. The Morgan fingerprint density at radius 1 is 1.44 bits per heavy atom. The van der Waals surface area contributed by atoms with E-state index in [9.17, 15) is 8.42 Å². The van der Waals surface area contributed by atoms with Gasteiger partial charge in [-0.05, 0) is 32.0 Å². The van der Waals surface area contributed by atoms with Gasteiger partial charge in [-0.25, -0.2) is 8.42 Å². The fraction of sp³-hybridized carbons (Fsp3) is 0.545. The van der Waals surface area contributed by atoms with Crippen molar-refractivity contribution in [3.8, 4) is 0 Å². The van der Waals surface area contributed by atoms with Crippen LogP contribution >= 0.6 is 0 Å². The van der Waals surface area contributed by atoms with Crippen molar-refractivity contribution in [2.24, 2.45) is 0 Å². The maximum atomic E-state index is 10.9. The first-order chi connectivity index (χ1) is 7.49. The van der Waals surface area contributed by atoms with Gasteiger partial charge in [0.05, 0.1) is 11.4 Å². The molecule has 0 aliphatic carbocycles. The third-order valence-electron chi connectivity index (χ3n) is 2.27. The van der Waals surface area contributed by atoms with Crippen LogP contribution in [0.4, 0.5) is 0 Å². The van der Waals surface area contributed by atoms with Gasteiger partial charge in [-0.3, -0.25) is 4.98 Å². The molecule has 1 atom stereocenters. The number of pyridine rings is 1. The van der Waals surface area contributed by atoms with Crippen molar-refractivity contribution in [3.63, 3.8) is 0 Å². The Morgan fingerprint density at radius 2 is 2.19 bits per heavy atom. The molecule has 0 saturated heterocycles. The van der Waals surface area contributed by atoms with Crippen LogP contribution in [0.5, 0.6) is 0 Å². The lowest BCUT2D eigenvalue weighted by Gasteiger charge is -2.12. The number of nitrogens with one attached hydrogen (secondary N) is 1. The maximum absolute atomic E-state index is 10.9. The third-order valence-corrected chi connectivity index (χ3v) is 3.30. The van der Waals surface area contributed by atoms with E-state index in [1.54, 1.807) is 6.20 Å². The summed E-state index contributed by atoms with van der Waals surface area (Å²) < 4.78 is 21.8. The molecule has 0 fully saturated rings. The van der Waals surface area contributed by atoms with E-state index in [2.05, 4.69) is 10.3 Å². The number of sulfone groups is 1. The Morgan fingerprint density at radius 3 is 2.75 bits per heavy atom. The highest BCUT2D eigenvalue weighted by atomic mass is 32.2. The number of hydrogen-bond donors (Lipinski definition) is 1. The molecule has 0 aliphatic rings. The number of rotatable bonds is 6. The van der Waals surface area contributed by atoms with Crippen LogP contribution in [0.3, 0.4) is 0 Å². The van der Waals surface area contributed by atoms with E-state index in [4.69, 9.17) is 0 Å². The summed E-state index contributed by atoms with van der Waals surface area (Å²) in [5.74, 6) is 0.231. The van der Waals surface area contributed by atoms with Gasteiger partial charge >= 0.3 is 0 Å². The number of aromatic nitrogens is 1. The van der Waals surface area contributed by atoms with Crippen molar-refractivity contribution in [2.45, 2.75) is 19.4 Å². The van der Waals surface area contributed by atoms with Crippen LogP contribution in [0.1, 0.15) is 25.1 Å². The molecule has 4 nitrogen and oxygen atoms in total. The van der Waals surface area contributed by atoms with Crippen LogP contribution in [0.25, 0.3) is 0 Å². The molecular weight excluding hydrogens is 224 g/mol. The van der Waals surface area contributed by atoms with Crippen molar-refractivity contribution in [3.05, 3.63) is 30.1 Å². The molecule has 0 amide bonds. The molecule has 0 aliphatic heterocycles. The summed E-state index contributed by atoms with van der Waals surface area (Å²) in [5, 5.41) is 3.24. The Bertz CT molecular complexity index is 403. The molecule has 1 unspecified atom stereocenters. The third kappa shape index (κ3) is 5.23. The quantitative estimate of drug-likeness (QED) is 0.761. The van der Waals surface area contributed by atoms with Gasteiger partial charge in [-0.1, -0.05) is 6.07 Å². The Kier molecular flexibility index (Phi) is 4.89. The Balaban J connectivity index is 2.29. The van der Waals surface area contributed by atoms with Gasteiger partial charge in [0.2, 0.25) is 0 Å². The lowest BCUT2D eigenvalue weighted by molar-refractivity contribution is 0.552. The SMILES string of the molecule is CC(NCCCS(C)(=O)=O)c1ccccn1. The van der Waals surface area contributed by atoms with Crippen molar-refractivity contribution in [1.82, 2.24) is 10.3 Å². The highest BCUT2D eigenvalue weighted by Gasteiger charge is 2.06. The van der Waals surface area contributed by atoms with Crippen LogP contribution in [0.15, 0.2) is 24.4 Å². The van der Waals surface area contributed by atoms with Gasteiger partial charge in [0.1, 0.15) is 9.84 Å². The molecule has 0 radical (unpaired) electrons. The molecular formula is C11H18N2O2S. The molecule has 1 aromatic rings. The first kappa shape index (κ1) is 13.1. The minimum atomic E-state index is -2.84. The van der Waals surface area contributed by atoms with Gasteiger partial charge in [-0.15, -0.1) is 0 Å². The lowest BCUT2D eigenvalue weighted by atomic mass is 10.2. The van der Waals surface area contributed by atoms with Crippen LogP contribution in [0.2, 0.25) is 0 Å². The molecule has 16 heavy (non-hydrogen) atoms. The van der Waals surface area contributed by atoms with E-state index in [1.807, 2.05) is 25.1 Å². The fourth-order valence-corrected chi connectivity index (χ4v) is 2.06. The fourth-order valence-electron chi connectivity index (χ4n) is 1.39. The second-order valence-corrected chi connectivity index (χ2v) is 6.17. The molecule has 1 heterocycles. The normalized spacial score (nSPS) is 13.6. The summed E-state index contributed by atoms with van der Waals surface area (Å²) in [5.41, 5.74) is 0.974. The molecule has 5 heteroatoms. The van der Waals surface area contributed by atoms with Crippen LogP contribution in [0, 0.1) is 0 Å². The summed E-state index contributed by atoms with van der Waals surface area (Å²) in [6, 6.07) is 5.92. The standard InChI is InChI=1S/C11H18N2O2S/c1-10(11-6-3-4-7-13-11)12-8-5-9-16(2,14)15/h3-4,6-7,10,12H,5,8-9H2,1-2H3. The van der Waals surface area contributed by atoms with E-state index in [0.717, 1.165) is 5.69 Å². The molecule has 0 saturated carbocycles. The molecule has 0 aromatic carbocycles. The second kappa shape index (κ2) is 5.96. The van der Waals surface area contributed by atoms with E-state index < -0.39 is 9.84 Å². The van der Waals surface area contributed by atoms with E-state index >= 15 is 0 Å². The van der Waals surface area contributed by atoms with Gasteiger partial charge in [0.15, 0.2) is 0 Å². The van der Waals surface area contributed by atoms with E-state index in [0.29, 0.717) is 13.0 Å². The van der Waals surface area contributed by atoms with E-state index in [1.165, 1.54) is 6.26 Å². The second-order valence-electron chi connectivity index (χ2n) is 3.91. The minimum Gasteiger partial charge on any atom is -0.309 e. The first-order valence-corrected chi connectivity index (χ1v) is 7.37. The number of nitrogens with zero attached hydrogens (tertiary/aromatic N) is 1. The zero-order chi connectivity index (χ0) is 12.0. The van der Waals surface area contributed by atoms with Crippen molar-refractivity contribution in [1.29, 1.82) is 0 Å². The summed E-state index contributed by atoms with van der Waals surface area (Å²) in [6.07, 6.45) is 3.65. The highest BCUT2D eigenvalue weighted by molar-refractivity contribution is 7.90. The van der Waals surface area contributed by atoms with Gasteiger partial charge in [0, 0.05) is 18.5 Å². The van der Waals surface area contributed by atoms with Crippen LogP contribution in [-0.2, 0) is 9.84 Å². The first-order valence-electron chi connectivity index (χ1n) is 5.31. The molecule has 1 N–H and O–H groups in total. The summed E-state index contributed by atoms with van der Waals surface area (Å²) in [6.45, 7) is 2.70. The Labute approximate surface area is 97.0 Å². The van der Waals surface area contributed by atoms with Crippen molar-refractivity contribution < 1.29 is 8.42 Å². The smallest absolute Gasteiger partial charge is 0.147 e. The monoisotopic (exact) mass is 242 g/mol. The Hall–Kier alpha value is -0.940. The predicted octanol–water partition coefficient (Wildman–Crippen LogP) is 1.17. The van der Waals surface area contributed by atoms with Crippen molar-refractivity contribution >= 4 is 9.84 Å². The summed E-state index contributed by atoms with van der Waals surface area (Å²) >= 11 is 0. The average Bonchev–Trinajstić information content (AvgIpc) is 2.24. The largest absolute Gasteiger partial charge is 0.309 e. The zero-order valence-electron chi connectivity index (χ0n) is 9.68. The van der Waals surface area contributed by atoms with Crippen LogP contribution < -0.4 is 5.32 Å².